The summed E-state index contributed by atoms with van der Waals surface area (Å²) < 4.78 is 5.17. The zero-order chi connectivity index (χ0) is 11.9. The van der Waals surface area contributed by atoms with E-state index in [9.17, 15) is 4.79 Å². The third kappa shape index (κ3) is 4.17. The molecular weight excluding hydrogens is 216 g/mol. The van der Waals surface area contributed by atoms with Gasteiger partial charge < -0.3 is 15.4 Å². The van der Waals surface area contributed by atoms with Crippen molar-refractivity contribution < 1.29 is 9.53 Å². The molecule has 17 heavy (non-hydrogen) atoms. The van der Waals surface area contributed by atoms with Crippen LogP contribution in [0, 0.1) is 0 Å². The van der Waals surface area contributed by atoms with Crippen LogP contribution in [0.3, 0.4) is 0 Å². The molecule has 1 heterocycles. The number of hydrogen-bond acceptors (Lipinski definition) is 4. The zero-order valence-electron chi connectivity index (χ0n) is 9.82. The summed E-state index contributed by atoms with van der Waals surface area (Å²) in [5, 5.41) is 6.42. The van der Waals surface area contributed by atoms with Crippen molar-refractivity contribution in [3.05, 3.63) is 35.9 Å². The van der Waals surface area contributed by atoms with E-state index in [2.05, 4.69) is 10.6 Å². The molecule has 1 aromatic rings. The largest absolute Gasteiger partial charge is 0.460 e. The van der Waals surface area contributed by atoms with Crippen LogP contribution >= 0.6 is 0 Å². The fourth-order valence-electron chi connectivity index (χ4n) is 1.85. The molecule has 4 heteroatoms. The molecule has 0 aromatic heterocycles. The second kappa shape index (κ2) is 6.37. The van der Waals surface area contributed by atoms with Crippen LogP contribution in [0.25, 0.3) is 0 Å². The topological polar surface area (TPSA) is 50.4 Å². The van der Waals surface area contributed by atoms with E-state index in [0.717, 1.165) is 25.1 Å². The number of carbonyl (C=O) groups excluding carboxylic acids is 1. The first-order chi connectivity index (χ1) is 8.34. The fraction of sp³-hybridized carbons (Fsp3) is 0.462. The summed E-state index contributed by atoms with van der Waals surface area (Å²) in [7, 11) is 0. The normalized spacial score (nSPS) is 19.2. The second-order valence-corrected chi connectivity index (χ2v) is 4.22. The van der Waals surface area contributed by atoms with Crippen LogP contribution in [0.1, 0.15) is 12.0 Å². The maximum Gasteiger partial charge on any atom is 0.320 e. The summed E-state index contributed by atoms with van der Waals surface area (Å²) in [4.78, 5) is 11.5. The predicted octanol–water partition coefficient (Wildman–Crippen LogP) is 0.681. The summed E-state index contributed by atoms with van der Waals surface area (Å²) in [6.07, 6.45) is 1.08. The van der Waals surface area contributed by atoms with E-state index in [-0.39, 0.29) is 5.97 Å². The molecule has 2 rings (SSSR count). The molecule has 4 nitrogen and oxygen atoms in total. The summed E-state index contributed by atoms with van der Waals surface area (Å²) in [5.74, 6) is -0.194. The van der Waals surface area contributed by atoms with Crippen molar-refractivity contribution in [3.63, 3.8) is 0 Å². The van der Waals surface area contributed by atoms with Gasteiger partial charge in [0.1, 0.15) is 6.61 Å². The molecule has 92 valence electrons. The molecule has 0 aliphatic carbocycles. The lowest BCUT2D eigenvalue weighted by molar-refractivity contribution is -0.143. The maximum atomic E-state index is 11.5. The van der Waals surface area contributed by atoms with Gasteiger partial charge in [-0.1, -0.05) is 30.3 Å². The molecule has 1 atom stereocenters. The van der Waals surface area contributed by atoms with Crippen LogP contribution in [-0.4, -0.2) is 31.6 Å². The zero-order valence-corrected chi connectivity index (χ0v) is 9.82. The van der Waals surface area contributed by atoms with Crippen molar-refractivity contribution in [3.8, 4) is 0 Å². The third-order valence-corrected chi connectivity index (χ3v) is 2.84. The van der Waals surface area contributed by atoms with Gasteiger partial charge in [0.05, 0.1) is 6.54 Å². The molecule has 1 aliphatic rings. The van der Waals surface area contributed by atoms with Crippen LogP contribution in [0.5, 0.6) is 0 Å². The monoisotopic (exact) mass is 234 g/mol. The fourth-order valence-corrected chi connectivity index (χ4v) is 1.85. The Labute approximate surface area is 101 Å². The van der Waals surface area contributed by atoms with Crippen molar-refractivity contribution in [1.29, 1.82) is 0 Å². The second-order valence-electron chi connectivity index (χ2n) is 4.22. The quantitative estimate of drug-likeness (QED) is 0.736. The number of hydrogen-bond donors (Lipinski definition) is 2. The molecule has 0 saturated carbocycles. The average Bonchev–Trinajstić information content (AvgIpc) is 2.88. The lowest BCUT2D eigenvalue weighted by atomic mass is 10.2. The highest BCUT2D eigenvalue weighted by Gasteiger charge is 2.14. The molecule has 1 saturated heterocycles. The van der Waals surface area contributed by atoms with E-state index in [1.165, 1.54) is 0 Å². The molecule has 1 fully saturated rings. The number of carbonyl (C=O) groups is 1. The summed E-state index contributed by atoms with van der Waals surface area (Å²) >= 11 is 0. The van der Waals surface area contributed by atoms with Crippen LogP contribution in [0.2, 0.25) is 0 Å². The van der Waals surface area contributed by atoms with E-state index < -0.39 is 0 Å². The summed E-state index contributed by atoms with van der Waals surface area (Å²) in [6.45, 7) is 2.60. The Morgan fingerprint density at radius 1 is 1.41 bits per heavy atom. The smallest absolute Gasteiger partial charge is 0.320 e. The lowest BCUT2D eigenvalue weighted by Crippen LogP contribution is -2.35. The number of esters is 1. The van der Waals surface area contributed by atoms with Crippen molar-refractivity contribution in [1.82, 2.24) is 10.6 Å². The number of nitrogens with one attached hydrogen (secondary N) is 2. The van der Waals surface area contributed by atoms with Gasteiger partial charge in [-0.15, -0.1) is 0 Å². The molecule has 0 spiro atoms. The minimum absolute atomic E-state index is 0.194. The van der Waals surface area contributed by atoms with Gasteiger partial charge in [0.15, 0.2) is 0 Å². The standard InChI is InChI=1S/C13H18N2O2/c16-13(9-15-12-6-7-14-8-12)17-10-11-4-2-1-3-5-11/h1-5,12,14-15H,6-10H2. The minimum atomic E-state index is -0.194. The van der Waals surface area contributed by atoms with Gasteiger partial charge in [0, 0.05) is 12.6 Å². The highest BCUT2D eigenvalue weighted by atomic mass is 16.5. The van der Waals surface area contributed by atoms with Gasteiger partial charge in [0.25, 0.3) is 0 Å². The van der Waals surface area contributed by atoms with E-state index in [1.54, 1.807) is 0 Å². The minimum Gasteiger partial charge on any atom is -0.460 e. The SMILES string of the molecule is O=C(CNC1CCNC1)OCc1ccccc1. The van der Waals surface area contributed by atoms with Crippen LogP contribution in [0.4, 0.5) is 0 Å². The molecule has 0 radical (unpaired) electrons. The first kappa shape index (κ1) is 12.1. The Morgan fingerprint density at radius 3 is 2.94 bits per heavy atom. The number of ether oxygens (including phenoxy) is 1. The van der Waals surface area contributed by atoms with Crippen molar-refractivity contribution in [2.75, 3.05) is 19.6 Å². The molecular formula is C13H18N2O2. The van der Waals surface area contributed by atoms with Crippen LogP contribution in [-0.2, 0) is 16.1 Å². The van der Waals surface area contributed by atoms with Gasteiger partial charge in [0.2, 0.25) is 0 Å². The highest BCUT2D eigenvalue weighted by Crippen LogP contribution is 2.01. The van der Waals surface area contributed by atoms with Gasteiger partial charge in [-0.3, -0.25) is 4.79 Å². The van der Waals surface area contributed by atoms with Crippen LogP contribution < -0.4 is 10.6 Å². The number of rotatable bonds is 5. The molecule has 0 bridgehead atoms. The average molecular weight is 234 g/mol. The first-order valence-corrected chi connectivity index (χ1v) is 5.98. The first-order valence-electron chi connectivity index (χ1n) is 5.98. The van der Waals surface area contributed by atoms with E-state index in [4.69, 9.17) is 4.74 Å². The Bertz CT molecular complexity index is 348. The third-order valence-electron chi connectivity index (χ3n) is 2.84. The molecule has 1 aliphatic heterocycles. The molecule has 1 unspecified atom stereocenters. The van der Waals surface area contributed by atoms with Crippen molar-refractivity contribution in [2.24, 2.45) is 0 Å². The number of benzene rings is 1. The van der Waals surface area contributed by atoms with E-state index >= 15 is 0 Å². The Kier molecular flexibility index (Phi) is 4.53. The highest BCUT2D eigenvalue weighted by molar-refractivity contribution is 5.71. The predicted molar refractivity (Wildman–Crippen MR) is 65.5 cm³/mol. The molecule has 0 amide bonds. The summed E-state index contributed by atoms with van der Waals surface area (Å²) in [6, 6.07) is 10.1. The van der Waals surface area contributed by atoms with Gasteiger partial charge in [-0.05, 0) is 18.5 Å². The van der Waals surface area contributed by atoms with E-state index in [1.807, 2.05) is 30.3 Å². The van der Waals surface area contributed by atoms with Crippen molar-refractivity contribution >= 4 is 5.97 Å². The summed E-state index contributed by atoms with van der Waals surface area (Å²) in [5.41, 5.74) is 1.02. The van der Waals surface area contributed by atoms with Crippen LogP contribution in [0.15, 0.2) is 30.3 Å². The molecule has 2 N–H and O–H groups in total. The molecule has 1 aromatic carbocycles. The Hall–Kier alpha value is -1.39. The Morgan fingerprint density at radius 2 is 2.24 bits per heavy atom. The van der Waals surface area contributed by atoms with E-state index in [0.29, 0.717) is 19.2 Å². The van der Waals surface area contributed by atoms with Crippen molar-refractivity contribution in [2.45, 2.75) is 19.1 Å². The van der Waals surface area contributed by atoms with Gasteiger partial charge >= 0.3 is 5.97 Å². The van der Waals surface area contributed by atoms with Gasteiger partial charge in [-0.25, -0.2) is 0 Å². The Balaban J connectivity index is 1.64. The maximum absolute atomic E-state index is 11.5. The lowest BCUT2D eigenvalue weighted by Gasteiger charge is -2.10. The van der Waals surface area contributed by atoms with Gasteiger partial charge in [-0.2, -0.15) is 0 Å².